The number of rotatable bonds is 6. The monoisotopic (exact) mass is 351 g/mol. The normalized spacial score (nSPS) is 12.4. The van der Waals surface area contributed by atoms with Gasteiger partial charge in [0, 0.05) is 25.1 Å². The molecule has 0 fully saturated rings. The largest absolute Gasteiger partial charge is 0.494 e. The Kier molecular flexibility index (Phi) is 5.42. The van der Waals surface area contributed by atoms with Gasteiger partial charge in [-0.3, -0.25) is 4.68 Å². The van der Waals surface area contributed by atoms with Gasteiger partial charge in [-0.25, -0.2) is 0 Å². The average Bonchev–Trinajstić information content (AvgIpc) is 2.71. The topological polar surface area (TPSA) is 39.1 Å². The second-order valence-corrected chi connectivity index (χ2v) is 5.78. The van der Waals surface area contributed by atoms with Crippen LogP contribution in [0.5, 0.6) is 5.75 Å². The van der Waals surface area contributed by atoms with E-state index in [1.54, 1.807) is 0 Å². The van der Waals surface area contributed by atoms with Crippen LogP contribution in [0.1, 0.15) is 29.9 Å². The third-order valence-electron chi connectivity index (χ3n) is 3.60. The summed E-state index contributed by atoms with van der Waals surface area (Å²) in [5, 5.41) is 7.85. The first-order chi connectivity index (χ1) is 10.1. The van der Waals surface area contributed by atoms with Crippen LogP contribution in [-0.4, -0.2) is 23.4 Å². The van der Waals surface area contributed by atoms with Gasteiger partial charge in [0.2, 0.25) is 0 Å². The molecule has 0 aliphatic rings. The van der Waals surface area contributed by atoms with Crippen LogP contribution in [0.3, 0.4) is 0 Å². The van der Waals surface area contributed by atoms with Crippen molar-refractivity contribution >= 4 is 15.9 Å². The summed E-state index contributed by atoms with van der Waals surface area (Å²) in [6.45, 7) is 4.68. The molecule has 4 nitrogen and oxygen atoms in total. The lowest BCUT2D eigenvalue weighted by molar-refractivity contribution is 0.331. The number of ether oxygens (including phenoxy) is 1. The van der Waals surface area contributed by atoms with Gasteiger partial charge >= 0.3 is 0 Å². The SMILES string of the molecule is CCOc1ccccc1C(Cc1c(Br)c(C)nn1C)NC. The van der Waals surface area contributed by atoms with Crippen molar-refractivity contribution in [1.29, 1.82) is 0 Å². The van der Waals surface area contributed by atoms with Crippen molar-refractivity contribution in [2.24, 2.45) is 7.05 Å². The highest BCUT2D eigenvalue weighted by atomic mass is 79.9. The van der Waals surface area contributed by atoms with E-state index < -0.39 is 0 Å². The second kappa shape index (κ2) is 7.09. The van der Waals surface area contributed by atoms with Crippen LogP contribution >= 0.6 is 15.9 Å². The number of para-hydroxylation sites is 1. The molecular weight excluding hydrogens is 330 g/mol. The summed E-state index contributed by atoms with van der Waals surface area (Å²) in [4.78, 5) is 0. The van der Waals surface area contributed by atoms with E-state index in [0.29, 0.717) is 6.61 Å². The number of hydrogen-bond donors (Lipinski definition) is 1. The Bertz CT molecular complexity index is 610. The summed E-state index contributed by atoms with van der Waals surface area (Å²) in [5.74, 6) is 0.939. The lowest BCUT2D eigenvalue weighted by atomic mass is 10.0. The highest BCUT2D eigenvalue weighted by molar-refractivity contribution is 9.10. The average molecular weight is 352 g/mol. The van der Waals surface area contributed by atoms with E-state index in [1.165, 1.54) is 11.3 Å². The van der Waals surface area contributed by atoms with Gasteiger partial charge in [0.1, 0.15) is 5.75 Å². The molecule has 1 aromatic carbocycles. The van der Waals surface area contributed by atoms with Gasteiger partial charge in [-0.15, -0.1) is 0 Å². The number of likely N-dealkylation sites (N-methyl/N-ethyl adjacent to an activating group) is 1. The van der Waals surface area contributed by atoms with Crippen LogP contribution in [0.25, 0.3) is 0 Å². The van der Waals surface area contributed by atoms with E-state index in [4.69, 9.17) is 4.74 Å². The zero-order chi connectivity index (χ0) is 15.4. The van der Waals surface area contributed by atoms with Crippen LogP contribution < -0.4 is 10.1 Å². The number of aromatic nitrogens is 2. The molecule has 21 heavy (non-hydrogen) atoms. The third kappa shape index (κ3) is 3.47. The van der Waals surface area contributed by atoms with Crippen LogP contribution in [0.2, 0.25) is 0 Å². The van der Waals surface area contributed by atoms with Gasteiger partial charge in [0.15, 0.2) is 0 Å². The summed E-state index contributed by atoms with van der Waals surface area (Å²) in [6, 6.07) is 8.37. The fourth-order valence-corrected chi connectivity index (χ4v) is 3.02. The summed E-state index contributed by atoms with van der Waals surface area (Å²) >= 11 is 3.64. The molecule has 114 valence electrons. The fraction of sp³-hybridized carbons (Fsp3) is 0.438. The van der Waals surface area contributed by atoms with Gasteiger partial charge in [-0.2, -0.15) is 5.10 Å². The predicted molar refractivity (Wildman–Crippen MR) is 88.8 cm³/mol. The molecule has 1 heterocycles. The van der Waals surface area contributed by atoms with E-state index in [0.717, 1.165) is 22.3 Å². The molecule has 0 aliphatic heterocycles. The van der Waals surface area contributed by atoms with Crippen molar-refractivity contribution in [2.75, 3.05) is 13.7 Å². The smallest absolute Gasteiger partial charge is 0.124 e. The minimum atomic E-state index is 0.179. The second-order valence-electron chi connectivity index (χ2n) is 4.99. The maximum absolute atomic E-state index is 5.75. The maximum Gasteiger partial charge on any atom is 0.124 e. The number of hydrogen-bond acceptors (Lipinski definition) is 3. The number of nitrogens with zero attached hydrogens (tertiary/aromatic N) is 2. The molecule has 0 spiro atoms. The van der Waals surface area contributed by atoms with Gasteiger partial charge in [-0.1, -0.05) is 18.2 Å². The van der Waals surface area contributed by atoms with Crippen molar-refractivity contribution in [2.45, 2.75) is 26.3 Å². The van der Waals surface area contributed by atoms with Gasteiger partial charge in [0.05, 0.1) is 22.5 Å². The molecule has 2 rings (SSSR count). The van der Waals surface area contributed by atoms with E-state index in [9.17, 15) is 0 Å². The van der Waals surface area contributed by atoms with Crippen molar-refractivity contribution in [3.63, 3.8) is 0 Å². The first-order valence-electron chi connectivity index (χ1n) is 7.15. The van der Waals surface area contributed by atoms with Gasteiger partial charge < -0.3 is 10.1 Å². The van der Waals surface area contributed by atoms with Crippen LogP contribution in [-0.2, 0) is 13.5 Å². The quantitative estimate of drug-likeness (QED) is 0.866. The van der Waals surface area contributed by atoms with E-state index >= 15 is 0 Å². The standard InChI is InChI=1S/C16H22BrN3O/c1-5-21-15-9-7-6-8-12(15)13(18-3)10-14-16(17)11(2)19-20(14)4/h6-9,13,18H,5,10H2,1-4H3. The molecule has 0 saturated carbocycles. The first-order valence-corrected chi connectivity index (χ1v) is 7.94. The minimum absolute atomic E-state index is 0.179. The predicted octanol–water partition coefficient (Wildman–Crippen LogP) is 3.39. The van der Waals surface area contributed by atoms with Gasteiger partial charge in [0.25, 0.3) is 0 Å². The molecule has 1 aromatic heterocycles. The highest BCUT2D eigenvalue weighted by Crippen LogP contribution is 2.30. The zero-order valence-corrected chi connectivity index (χ0v) is 14.6. The highest BCUT2D eigenvalue weighted by Gasteiger charge is 2.19. The molecule has 1 atom stereocenters. The van der Waals surface area contributed by atoms with Crippen LogP contribution in [0, 0.1) is 6.92 Å². The maximum atomic E-state index is 5.75. The minimum Gasteiger partial charge on any atom is -0.494 e. The lowest BCUT2D eigenvalue weighted by Crippen LogP contribution is -2.21. The van der Waals surface area contributed by atoms with Crippen molar-refractivity contribution in [1.82, 2.24) is 15.1 Å². The zero-order valence-electron chi connectivity index (χ0n) is 13.0. The molecular formula is C16H22BrN3O. The molecule has 5 heteroatoms. The van der Waals surface area contributed by atoms with Crippen LogP contribution in [0.4, 0.5) is 0 Å². The van der Waals surface area contributed by atoms with Crippen LogP contribution in [0.15, 0.2) is 28.7 Å². The lowest BCUT2D eigenvalue weighted by Gasteiger charge is -2.20. The first kappa shape index (κ1) is 16.0. The molecule has 1 unspecified atom stereocenters. The Labute approximate surface area is 134 Å². The van der Waals surface area contributed by atoms with Crippen molar-refractivity contribution < 1.29 is 4.74 Å². The molecule has 0 bridgehead atoms. The number of nitrogens with one attached hydrogen (secondary N) is 1. The van der Waals surface area contributed by atoms with E-state index in [1.807, 2.05) is 50.8 Å². The summed E-state index contributed by atoms with van der Waals surface area (Å²) in [5.41, 5.74) is 3.37. The Hall–Kier alpha value is -1.33. The summed E-state index contributed by atoms with van der Waals surface area (Å²) in [6.07, 6.45) is 0.846. The van der Waals surface area contributed by atoms with E-state index in [-0.39, 0.29) is 6.04 Å². The molecule has 1 N–H and O–H groups in total. The molecule has 0 saturated heterocycles. The number of halogens is 1. The Morgan fingerprint density at radius 2 is 2.10 bits per heavy atom. The summed E-state index contributed by atoms with van der Waals surface area (Å²) < 4.78 is 8.77. The Balaban J connectivity index is 2.32. The molecule has 0 amide bonds. The summed E-state index contributed by atoms with van der Waals surface area (Å²) in [7, 11) is 3.96. The van der Waals surface area contributed by atoms with Crippen molar-refractivity contribution in [3.8, 4) is 5.75 Å². The molecule has 0 radical (unpaired) electrons. The van der Waals surface area contributed by atoms with E-state index in [2.05, 4.69) is 32.4 Å². The number of aryl methyl sites for hydroxylation is 2. The molecule has 2 aromatic rings. The Morgan fingerprint density at radius 1 is 1.38 bits per heavy atom. The van der Waals surface area contributed by atoms with Crippen molar-refractivity contribution in [3.05, 3.63) is 45.7 Å². The molecule has 0 aliphatic carbocycles. The third-order valence-corrected chi connectivity index (χ3v) is 4.63. The number of benzene rings is 1. The van der Waals surface area contributed by atoms with Gasteiger partial charge in [-0.05, 0) is 42.9 Å². The Morgan fingerprint density at radius 3 is 2.67 bits per heavy atom. The fourth-order valence-electron chi connectivity index (χ4n) is 2.52.